The Hall–Kier alpha value is -1.01. The van der Waals surface area contributed by atoms with Crippen molar-refractivity contribution in [2.24, 2.45) is 0 Å². The number of rotatable bonds is 2. The van der Waals surface area contributed by atoms with Crippen molar-refractivity contribution in [2.75, 3.05) is 30.8 Å². The standard InChI is InChI=1S/C12H21N3O2S/c1-11(2)6-15(7-12(3,4)17-11)10-8(16-5)9(13)14-18-10/h6-7H2,1-5H3,(H2,13,14). The van der Waals surface area contributed by atoms with Gasteiger partial charge in [-0.1, -0.05) is 0 Å². The molecule has 0 bridgehead atoms. The molecule has 2 rings (SSSR count). The van der Waals surface area contributed by atoms with Crippen molar-refractivity contribution in [3.05, 3.63) is 0 Å². The van der Waals surface area contributed by atoms with E-state index in [0.29, 0.717) is 11.6 Å². The average molecular weight is 271 g/mol. The number of anilines is 2. The lowest BCUT2D eigenvalue weighted by molar-refractivity contribution is -0.132. The van der Waals surface area contributed by atoms with E-state index in [1.807, 2.05) is 0 Å². The molecular weight excluding hydrogens is 250 g/mol. The summed E-state index contributed by atoms with van der Waals surface area (Å²) in [5.41, 5.74) is 5.40. The number of hydrogen-bond donors (Lipinski definition) is 1. The van der Waals surface area contributed by atoms with Crippen molar-refractivity contribution < 1.29 is 9.47 Å². The Bertz CT molecular complexity index is 427. The summed E-state index contributed by atoms with van der Waals surface area (Å²) < 4.78 is 15.6. The molecule has 5 nitrogen and oxygen atoms in total. The number of nitrogens with two attached hydrogens (primary N) is 1. The van der Waals surface area contributed by atoms with Crippen molar-refractivity contribution in [3.8, 4) is 5.75 Å². The quantitative estimate of drug-likeness (QED) is 0.893. The molecule has 1 aliphatic heterocycles. The maximum absolute atomic E-state index is 6.06. The number of hydrogen-bond acceptors (Lipinski definition) is 6. The first-order valence-corrected chi connectivity index (χ1v) is 6.76. The molecule has 0 spiro atoms. The monoisotopic (exact) mass is 271 g/mol. The van der Waals surface area contributed by atoms with Crippen LogP contribution in [0.15, 0.2) is 0 Å². The first kappa shape index (κ1) is 13.4. The smallest absolute Gasteiger partial charge is 0.197 e. The van der Waals surface area contributed by atoms with Gasteiger partial charge in [-0.3, -0.25) is 0 Å². The van der Waals surface area contributed by atoms with Gasteiger partial charge in [0.2, 0.25) is 0 Å². The molecule has 0 atom stereocenters. The van der Waals surface area contributed by atoms with Crippen molar-refractivity contribution in [3.63, 3.8) is 0 Å². The lowest BCUT2D eigenvalue weighted by Gasteiger charge is -2.47. The van der Waals surface area contributed by atoms with E-state index in [2.05, 4.69) is 37.0 Å². The van der Waals surface area contributed by atoms with Crippen LogP contribution in [0.1, 0.15) is 27.7 Å². The molecule has 0 saturated carbocycles. The van der Waals surface area contributed by atoms with E-state index in [9.17, 15) is 0 Å². The number of nitrogen functional groups attached to an aromatic ring is 1. The molecular formula is C12H21N3O2S. The van der Waals surface area contributed by atoms with Crippen LogP contribution >= 0.6 is 11.5 Å². The maximum Gasteiger partial charge on any atom is 0.197 e. The van der Waals surface area contributed by atoms with E-state index in [4.69, 9.17) is 15.2 Å². The van der Waals surface area contributed by atoms with E-state index < -0.39 is 0 Å². The lowest BCUT2D eigenvalue weighted by Crippen LogP contribution is -2.57. The van der Waals surface area contributed by atoms with Crippen molar-refractivity contribution in [1.29, 1.82) is 0 Å². The SMILES string of the molecule is COc1c(N)nsc1N1CC(C)(C)OC(C)(C)C1. The van der Waals surface area contributed by atoms with Crippen molar-refractivity contribution >= 4 is 22.4 Å². The fourth-order valence-electron chi connectivity index (χ4n) is 2.61. The van der Waals surface area contributed by atoms with E-state index in [1.165, 1.54) is 11.5 Å². The lowest BCUT2D eigenvalue weighted by atomic mass is 9.99. The maximum atomic E-state index is 6.06. The molecule has 2 N–H and O–H groups in total. The van der Waals surface area contributed by atoms with Gasteiger partial charge < -0.3 is 20.1 Å². The number of nitrogens with zero attached hydrogens (tertiary/aromatic N) is 2. The van der Waals surface area contributed by atoms with Crippen LogP contribution in [0.2, 0.25) is 0 Å². The molecule has 1 aromatic rings. The highest BCUT2D eigenvalue weighted by Crippen LogP contribution is 2.41. The van der Waals surface area contributed by atoms with E-state index in [1.54, 1.807) is 7.11 Å². The van der Waals surface area contributed by atoms with Gasteiger partial charge in [0.05, 0.1) is 18.3 Å². The Morgan fingerprint density at radius 3 is 2.33 bits per heavy atom. The fourth-order valence-corrected chi connectivity index (χ4v) is 3.39. The summed E-state index contributed by atoms with van der Waals surface area (Å²) in [4.78, 5) is 2.25. The third kappa shape index (κ3) is 2.54. The van der Waals surface area contributed by atoms with Crippen LogP contribution in [0.25, 0.3) is 0 Å². The van der Waals surface area contributed by atoms with Gasteiger partial charge in [-0.05, 0) is 39.2 Å². The Kier molecular flexibility index (Phi) is 3.19. The summed E-state index contributed by atoms with van der Waals surface area (Å²) in [7, 11) is 1.63. The molecule has 0 amide bonds. The van der Waals surface area contributed by atoms with Crippen LogP contribution in [0.5, 0.6) is 5.75 Å². The van der Waals surface area contributed by atoms with Gasteiger partial charge in [-0.2, -0.15) is 4.37 Å². The minimum atomic E-state index is -0.203. The van der Waals surface area contributed by atoms with Crippen LogP contribution in [-0.4, -0.2) is 35.8 Å². The zero-order valence-electron chi connectivity index (χ0n) is 11.6. The van der Waals surface area contributed by atoms with Gasteiger partial charge in [0.15, 0.2) is 16.6 Å². The number of morpholine rings is 1. The molecule has 6 heteroatoms. The Labute approximate surface area is 112 Å². The highest BCUT2D eigenvalue weighted by molar-refractivity contribution is 7.11. The molecule has 1 aromatic heterocycles. The Morgan fingerprint density at radius 1 is 1.28 bits per heavy atom. The summed E-state index contributed by atoms with van der Waals surface area (Å²) in [5, 5.41) is 0.986. The Morgan fingerprint density at radius 2 is 1.83 bits per heavy atom. The normalized spacial score (nSPS) is 21.9. The predicted octanol–water partition coefficient (Wildman–Crippen LogP) is 2.13. The second-order valence-corrected chi connectivity index (χ2v) is 6.64. The molecule has 0 aliphatic carbocycles. The predicted molar refractivity (Wildman–Crippen MR) is 74.5 cm³/mol. The van der Waals surface area contributed by atoms with E-state index >= 15 is 0 Å². The number of methoxy groups -OCH3 is 1. The van der Waals surface area contributed by atoms with Gasteiger partial charge in [0.25, 0.3) is 0 Å². The second kappa shape index (κ2) is 4.28. The van der Waals surface area contributed by atoms with Gasteiger partial charge in [0.1, 0.15) is 0 Å². The van der Waals surface area contributed by atoms with Crippen LogP contribution < -0.4 is 15.4 Å². The molecule has 1 aliphatic rings. The largest absolute Gasteiger partial charge is 0.490 e. The minimum absolute atomic E-state index is 0.203. The van der Waals surface area contributed by atoms with E-state index in [-0.39, 0.29) is 11.2 Å². The molecule has 0 aromatic carbocycles. The molecule has 1 fully saturated rings. The molecule has 2 heterocycles. The highest BCUT2D eigenvalue weighted by Gasteiger charge is 2.39. The number of aromatic nitrogens is 1. The molecule has 18 heavy (non-hydrogen) atoms. The first-order valence-electron chi connectivity index (χ1n) is 5.98. The summed E-state index contributed by atoms with van der Waals surface area (Å²) in [6.45, 7) is 9.98. The van der Waals surface area contributed by atoms with Gasteiger partial charge in [-0.25, -0.2) is 0 Å². The number of ether oxygens (including phenoxy) is 2. The summed E-state index contributed by atoms with van der Waals surface area (Å²) in [5.74, 6) is 1.13. The summed E-state index contributed by atoms with van der Waals surface area (Å²) in [6, 6.07) is 0. The third-order valence-electron chi connectivity index (χ3n) is 2.84. The molecule has 102 valence electrons. The van der Waals surface area contributed by atoms with Crippen molar-refractivity contribution in [1.82, 2.24) is 4.37 Å². The summed E-state index contributed by atoms with van der Waals surface area (Å²) >= 11 is 1.38. The molecule has 0 radical (unpaired) electrons. The van der Waals surface area contributed by atoms with Crippen LogP contribution in [-0.2, 0) is 4.74 Å². The van der Waals surface area contributed by atoms with Gasteiger partial charge >= 0.3 is 0 Å². The van der Waals surface area contributed by atoms with E-state index in [0.717, 1.165) is 18.1 Å². The van der Waals surface area contributed by atoms with Crippen LogP contribution in [0.3, 0.4) is 0 Å². The average Bonchev–Trinajstić information content (AvgIpc) is 2.54. The Balaban J connectivity index is 2.32. The second-order valence-electron chi connectivity index (χ2n) is 5.88. The fraction of sp³-hybridized carbons (Fsp3) is 0.750. The van der Waals surface area contributed by atoms with Crippen LogP contribution in [0.4, 0.5) is 10.8 Å². The first-order chi connectivity index (χ1) is 8.24. The molecule has 1 saturated heterocycles. The van der Waals surface area contributed by atoms with Gasteiger partial charge in [-0.15, -0.1) is 0 Å². The highest BCUT2D eigenvalue weighted by atomic mass is 32.1. The third-order valence-corrected chi connectivity index (χ3v) is 3.75. The topological polar surface area (TPSA) is 60.6 Å². The van der Waals surface area contributed by atoms with Crippen molar-refractivity contribution in [2.45, 2.75) is 38.9 Å². The molecule has 0 unspecified atom stereocenters. The van der Waals surface area contributed by atoms with Gasteiger partial charge in [0, 0.05) is 13.1 Å². The zero-order chi connectivity index (χ0) is 13.6. The summed E-state index contributed by atoms with van der Waals surface area (Å²) in [6.07, 6.45) is 0. The van der Waals surface area contributed by atoms with Crippen LogP contribution in [0, 0.1) is 0 Å². The minimum Gasteiger partial charge on any atom is -0.490 e. The zero-order valence-corrected chi connectivity index (χ0v) is 12.4.